The van der Waals surface area contributed by atoms with Gasteiger partial charge in [-0.2, -0.15) is 5.10 Å². The smallest absolute Gasteiger partial charge is 0.169 e. The summed E-state index contributed by atoms with van der Waals surface area (Å²) in [6.45, 7) is 4.65. The van der Waals surface area contributed by atoms with Gasteiger partial charge in [-0.3, -0.25) is 5.43 Å². The molecule has 2 rings (SSSR count). The molecule has 0 aliphatic carbocycles. The SMILES string of the molecule is CCCOc1c(/C=N/Nc2ccc(C)c(Cl)c2)cccc1OC. The fraction of sp³-hybridized carbons (Fsp3) is 0.278. The highest BCUT2D eigenvalue weighted by atomic mass is 35.5. The minimum absolute atomic E-state index is 0.627. The number of anilines is 1. The van der Waals surface area contributed by atoms with Crippen molar-refractivity contribution in [3.8, 4) is 11.5 Å². The van der Waals surface area contributed by atoms with Crippen LogP contribution in [0.3, 0.4) is 0 Å². The van der Waals surface area contributed by atoms with E-state index in [1.165, 1.54) is 0 Å². The number of benzene rings is 2. The van der Waals surface area contributed by atoms with Crippen LogP contribution in [0.5, 0.6) is 11.5 Å². The molecule has 0 unspecified atom stereocenters. The van der Waals surface area contributed by atoms with Gasteiger partial charge in [0.05, 0.1) is 25.6 Å². The lowest BCUT2D eigenvalue weighted by Crippen LogP contribution is -2.01. The third kappa shape index (κ3) is 4.63. The second-order valence-corrected chi connectivity index (χ2v) is 5.47. The van der Waals surface area contributed by atoms with Crippen LogP contribution in [-0.2, 0) is 0 Å². The zero-order valence-corrected chi connectivity index (χ0v) is 14.4. The molecule has 0 saturated carbocycles. The van der Waals surface area contributed by atoms with Crippen molar-refractivity contribution in [2.75, 3.05) is 19.1 Å². The zero-order valence-electron chi connectivity index (χ0n) is 13.6. The van der Waals surface area contributed by atoms with E-state index in [0.29, 0.717) is 23.1 Å². The summed E-state index contributed by atoms with van der Waals surface area (Å²) in [4.78, 5) is 0. The number of nitrogens with zero attached hydrogens (tertiary/aromatic N) is 1. The molecular weight excluding hydrogens is 312 g/mol. The molecule has 2 aromatic rings. The van der Waals surface area contributed by atoms with Gasteiger partial charge in [0, 0.05) is 10.6 Å². The lowest BCUT2D eigenvalue weighted by Gasteiger charge is -2.12. The number of halogens is 1. The quantitative estimate of drug-likeness (QED) is 0.579. The van der Waals surface area contributed by atoms with E-state index >= 15 is 0 Å². The molecule has 0 saturated heterocycles. The first-order valence-electron chi connectivity index (χ1n) is 7.50. The largest absolute Gasteiger partial charge is 0.493 e. The van der Waals surface area contributed by atoms with Gasteiger partial charge in [0.2, 0.25) is 0 Å². The van der Waals surface area contributed by atoms with E-state index in [4.69, 9.17) is 21.1 Å². The minimum Gasteiger partial charge on any atom is -0.493 e. The summed E-state index contributed by atoms with van der Waals surface area (Å²) in [7, 11) is 1.63. The normalized spacial score (nSPS) is 10.8. The standard InChI is InChI=1S/C18H21ClN2O2/c1-4-10-23-18-14(6-5-7-17(18)22-3)12-20-21-15-9-8-13(2)16(19)11-15/h5-9,11-12,21H,4,10H2,1-3H3/b20-12+. The van der Waals surface area contributed by atoms with Crippen molar-refractivity contribution in [2.45, 2.75) is 20.3 Å². The number of rotatable bonds is 7. The Balaban J connectivity index is 2.16. The second-order valence-electron chi connectivity index (χ2n) is 5.06. The fourth-order valence-electron chi connectivity index (χ4n) is 1.99. The number of hydrogen-bond acceptors (Lipinski definition) is 4. The van der Waals surface area contributed by atoms with Gasteiger partial charge in [0.1, 0.15) is 0 Å². The summed E-state index contributed by atoms with van der Waals surface area (Å²) in [5, 5.41) is 4.96. The van der Waals surface area contributed by atoms with Crippen molar-refractivity contribution in [2.24, 2.45) is 5.10 Å². The number of methoxy groups -OCH3 is 1. The van der Waals surface area contributed by atoms with Crippen molar-refractivity contribution >= 4 is 23.5 Å². The topological polar surface area (TPSA) is 42.8 Å². The molecule has 1 N–H and O–H groups in total. The maximum atomic E-state index is 6.10. The second kappa shape index (κ2) is 8.44. The first-order valence-corrected chi connectivity index (χ1v) is 7.88. The van der Waals surface area contributed by atoms with E-state index in [1.807, 2.05) is 43.3 Å². The van der Waals surface area contributed by atoms with Crippen LogP contribution in [0.2, 0.25) is 5.02 Å². The Labute approximate surface area is 142 Å². The van der Waals surface area contributed by atoms with E-state index < -0.39 is 0 Å². The Bertz CT molecular complexity index is 687. The summed E-state index contributed by atoms with van der Waals surface area (Å²) in [6, 6.07) is 11.4. The van der Waals surface area contributed by atoms with Crippen molar-refractivity contribution < 1.29 is 9.47 Å². The van der Waals surface area contributed by atoms with Crippen LogP contribution in [0, 0.1) is 6.92 Å². The molecule has 0 aliphatic heterocycles. The molecule has 0 fully saturated rings. The van der Waals surface area contributed by atoms with Gasteiger partial charge in [-0.1, -0.05) is 30.7 Å². The Morgan fingerprint density at radius 3 is 2.78 bits per heavy atom. The van der Waals surface area contributed by atoms with E-state index in [9.17, 15) is 0 Å². The highest BCUT2D eigenvalue weighted by molar-refractivity contribution is 6.31. The van der Waals surface area contributed by atoms with Gasteiger partial charge in [-0.05, 0) is 43.2 Å². The molecule has 2 aromatic carbocycles. The molecule has 0 amide bonds. The highest BCUT2D eigenvalue weighted by Crippen LogP contribution is 2.30. The molecular formula is C18H21ClN2O2. The van der Waals surface area contributed by atoms with E-state index in [-0.39, 0.29) is 0 Å². The maximum Gasteiger partial charge on any atom is 0.169 e. The van der Waals surface area contributed by atoms with E-state index in [0.717, 1.165) is 23.2 Å². The maximum absolute atomic E-state index is 6.10. The number of nitrogens with one attached hydrogen (secondary N) is 1. The number of ether oxygens (including phenoxy) is 2. The summed E-state index contributed by atoms with van der Waals surface area (Å²) >= 11 is 6.10. The Hall–Kier alpha value is -2.20. The fourth-order valence-corrected chi connectivity index (χ4v) is 2.17. The van der Waals surface area contributed by atoms with Crippen LogP contribution in [0.25, 0.3) is 0 Å². The van der Waals surface area contributed by atoms with Crippen LogP contribution < -0.4 is 14.9 Å². The molecule has 0 radical (unpaired) electrons. The molecule has 0 aromatic heterocycles. The number of hydrogen-bond donors (Lipinski definition) is 1. The molecule has 122 valence electrons. The van der Waals surface area contributed by atoms with Crippen LogP contribution in [0.1, 0.15) is 24.5 Å². The third-order valence-corrected chi connectivity index (χ3v) is 3.66. The van der Waals surface area contributed by atoms with Gasteiger partial charge in [-0.25, -0.2) is 0 Å². The first kappa shape index (κ1) is 17.2. The predicted molar refractivity (Wildman–Crippen MR) is 96.2 cm³/mol. The van der Waals surface area contributed by atoms with Gasteiger partial charge in [-0.15, -0.1) is 0 Å². The van der Waals surface area contributed by atoms with Crippen LogP contribution >= 0.6 is 11.6 Å². The summed E-state index contributed by atoms with van der Waals surface area (Å²) in [5.74, 6) is 1.39. The Morgan fingerprint density at radius 1 is 1.26 bits per heavy atom. The van der Waals surface area contributed by atoms with E-state index in [2.05, 4.69) is 17.5 Å². The number of hydrazone groups is 1. The zero-order chi connectivity index (χ0) is 16.7. The van der Waals surface area contributed by atoms with E-state index in [1.54, 1.807) is 13.3 Å². The predicted octanol–water partition coefficient (Wildman–Crippen LogP) is 4.89. The lowest BCUT2D eigenvalue weighted by atomic mass is 10.2. The monoisotopic (exact) mass is 332 g/mol. The Kier molecular flexibility index (Phi) is 6.29. The summed E-state index contributed by atoms with van der Waals surface area (Å²) < 4.78 is 11.1. The average Bonchev–Trinajstić information content (AvgIpc) is 2.56. The molecule has 0 bridgehead atoms. The van der Waals surface area contributed by atoms with Crippen LogP contribution in [0.4, 0.5) is 5.69 Å². The molecule has 0 aliphatic rings. The van der Waals surface area contributed by atoms with Crippen molar-refractivity contribution in [1.82, 2.24) is 0 Å². The number of aryl methyl sites for hydroxylation is 1. The van der Waals surface area contributed by atoms with Crippen molar-refractivity contribution in [1.29, 1.82) is 0 Å². The van der Waals surface area contributed by atoms with Crippen LogP contribution in [-0.4, -0.2) is 19.9 Å². The molecule has 0 heterocycles. The molecule has 23 heavy (non-hydrogen) atoms. The first-order chi connectivity index (χ1) is 11.2. The number of para-hydroxylation sites is 1. The molecule has 0 spiro atoms. The average molecular weight is 333 g/mol. The van der Waals surface area contributed by atoms with Crippen molar-refractivity contribution in [3.63, 3.8) is 0 Å². The van der Waals surface area contributed by atoms with Crippen LogP contribution in [0.15, 0.2) is 41.5 Å². The minimum atomic E-state index is 0.627. The van der Waals surface area contributed by atoms with Crippen molar-refractivity contribution in [3.05, 3.63) is 52.5 Å². The highest BCUT2D eigenvalue weighted by Gasteiger charge is 2.08. The lowest BCUT2D eigenvalue weighted by molar-refractivity contribution is 0.294. The van der Waals surface area contributed by atoms with Gasteiger partial charge in [0.15, 0.2) is 11.5 Å². The molecule has 0 atom stereocenters. The summed E-state index contributed by atoms with van der Waals surface area (Å²) in [5.41, 5.74) is 5.68. The Morgan fingerprint density at radius 2 is 2.09 bits per heavy atom. The summed E-state index contributed by atoms with van der Waals surface area (Å²) in [6.07, 6.45) is 2.63. The van der Waals surface area contributed by atoms with Gasteiger partial charge in [0.25, 0.3) is 0 Å². The third-order valence-electron chi connectivity index (χ3n) is 3.25. The van der Waals surface area contributed by atoms with Gasteiger partial charge >= 0.3 is 0 Å². The molecule has 5 heteroatoms. The molecule has 4 nitrogen and oxygen atoms in total. The van der Waals surface area contributed by atoms with Gasteiger partial charge < -0.3 is 9.47 Å².